The minimum absolute atomic E-state index is 0. The minimum atomic E-state index is -0.231. The van der Waals surface area contributed by atoms with E-state index in [0.29, 0.717) is 18.1 Å². The van der Waals surface area contributed by atoms with Gasteiger partial charge in [0, 0.05) is 58.3 Å². The molecule has 1 amide bonds. The summed E-state index contributed by atoms with van der Waals surface area (Å²) in [4.78, 5) is 20.0. The Bertz CT molecular complexity index is 591. The average molecular weight is 477 g/mol. The van der Waals surface area contributed by atoms with E-state index in [1.165, 1.54) is 6.07 Å². The summed E-state index contributed by atoms with van der Waals surface area (Å²) in [6, 6.07) is 6.69. The van der Waals surface area contributed by atoms with Gasteiger partial charge in [0.05, 0.1) is 6.54 Å². The molecule has 1 aliphatic heterocycles. The van der Waals surface area contributed by atoms with Crippen molar-refractivity contribution in [1.82, 2.24) is 20.4 Å². The maximum atomic E-state index is 13.7. The van der Waals surface area contributed by atoms with E-state index >= 15 is 0 Å². The van der Waals surface area contributed by atoms with E-state index < -0.39 is 0 Å². The third-order valence-electron chi connectivity index (χ3n) is 4.25. The van der Waals surface area contributed by atoms with Crippen LogP contribution in [0.15, 0.2) is 29.3 Å². The van der Waals surface area contributed by atoms with Crippen molar-refractivity contribution < 1.29 is 9.18 Å². The fourth-order valence-corrected chi connectivity index (χ4v) is 2.75. The number of guanidine groups is 1. The molecule has 0 atom stereocenters. The topological polar surface area (TPSA) is 60.0 Å². The van der Waals surface area contributed by atoms with Gasteiger partial charge in [-0.3, -0.25) is 9.69 Å². The number of nitrogens with one attached hydrogen (secondary N) is 2. The fraction of sp³-hybridized carbons (Fsp3) is 0.556. The summed E-state index contributed by atoms with van der Waals surface area (Å²) in [7, 11) is 0. The first-order valence-electron chi connectivity index (χ1n) is 8.83. The highest BCUT2D eigenvalue weighted by molar-refractivity contribution is 14.0. The molecular formula is C18H29FIN5O. The number of amides is 1. The van der Waals surface area contributed by atoms with E-state index in [1.807, 2.05) is 17.9 Å². The second-order valence-electron chi connectivity index (χ2n) is 6.06. The van der Waals surface area contributed by atoms with Gasteiger partial charge in [0.2, 0.25) is 5.91 Å². The molecule has 0 bridgehead atoms. The molecule has 1 aromatic carbocycles. The largest absolute Gasteiger partial charge is 0.357 e. The predicted octanol–water partition coefficient (Wildman–Crippen LogP) is 1.66. The summed E-state index contributed by atoms with van der Waals surface area (Å²) in [6.45, 7) is 9.67. The van der Waals surface area contributed by atoms with Crippen LogP contribution in [0.3, 0.4) is 0 Å². The Kier molecular flexibility index (Phi) is 10.5. The maximum absolute atomic E-state index is 13.7. The van der Waals surface area contributed by atoms with Crippen LogP contribution in [0.4, 0.5) is 4.39 Å². The van der Waals surface area contributed by atoms with Crippen molar-refractivity contribution in [2.45, 2.75) is 20.4 Å². The predicted molar refractivity (Wildman–Crippen MR) is 113 cm³/mol. The van der Waals surface area contributed by atoms with E-state index in [0.717, 1.165) is 45.8 Å². The van der Waals surface area contributed by atoms with E-state index in [-0.39, 0.29) is 35.7 Å². The Morgan fingerprint density at radius 3 is 2.50 bits per heavy atom. The van der Waals surface area contributed by atoms with E-state index in [2.05, 4.69) is 20.5 Å². The number of carbonyl (C=O) groups excluding carboxylic acids is 1. The highest BCUT2D eigenvalue weighted by Gasteiger charge is 2.17. The fourth-order valence-electron chi connectivity index (χ4n) is 2.75. The Morgan fingerprint density at radius 1 is 1.19 bits per heavy atom. The van der Waals surface area contributed by atoms with Gasteiger partial charge >= 0.3 is 0 Å². The lowest BCUT2D eigenvalue weighted by Crippen LogP contribution is -2.50. The molecule has 0 radical (unpaired) electrons. The highest BCUT2D eigenvalue weighted by atomic mass is 127. The second kappa shape index (κ2) is 12.1. The molecule has 0 spiro atoms. The third kappa shape index (κ3) is 7.45. The van der Waals surface area contributed by atoms with Crippen molar-refractivity contribution in [3.63, 3.8) is 0 Å². The number of aliphatic imine (C=N–C) groups is 1. The maximum Gasteiger partial charge on any atom is 0.219 e. The number of rotatable bonds is 6. The summed E-state index contributed by atoms with van der Waals surface area (Å²) in [5.74, 6) is 0.603. The molecule has 1 aromatic rings. The molecule has 1 saturated heterocycles. The van der Waals surface area contributed by atoms with Crippen molar-refractivity contribution >= 4 is 35.8 Å². The van der Waals surface area contributed by atoms with Crippen LogP contribution >= 0.6 is 24.0 Å². The lowest BCUT2D eigenvalue weighted by atomic mass is 10.2. The van der Waals surface area contributed by atoms with Crippen LogP contribution in [0.2, 0.25) is 0 Å². The second-order valence-corrected chi connectivity index (χ2v) is 6.06. The summed E-state index contributed by atoms with van der Waals surface area (Å²) in [5.41, 5.74) is 0.583. The first kappa shape index (κ1) is 22.6. The lowest BCUT2D eigenvalue weighted by Gasteiger charge is -2.34. The molecule has 1 aliphatic rings. The summed E-state index contributed by atoms with van der Waals surface area (Å²) in [6.07, 6.45) is 0. The molecular weight excluding hydrogens is 448 g/mol. The molecule has 0 aliphatic carbocycles. The van der Waals surface area contributed by atoms with E-state index in [1.54, 1.807) is 19.1 Å². The van der Waals surface area contributed by atoms with Crippen molar-refractivity contribution in [2.75, 3.05) is 45.8 Å². The van der Waals surface area contributed by atoms with E-state index in [4.69, 9.17) is 0 Å². The molecule has 2 rings (SSSR count). The Labute approximate surface area is 172 Å². The number of benzene rings is 1. The Balaban J connectivity index is 0.00000338. The van der Waals surface area contributed by atoms with Crippen LogP contribution < -0.4 is 10.6 Å². The quantitative estimate of drug-likeness (QED) is 0.372. The number of halogens is 2. The molecule has 146 valence electrons. The number of nitrogens with zero attached hydrogens (tertiary/aromatic N) is 3. The number of hydrogen-bond donors (Lipinski definition) is 2. The first-order chi connectivity index (χ1) is 12.1. The third-order valence-corrected chi connectivity index (χ3v) is 4.25. The van der Waals surface area contributed by atoms with Gasteiger partial charge in [-0.1, -0.05) is 18.2 Å². The Hall–Kier alpha value is -1.42. The first-order valence-corrected chi connectivity index (χ1v) is 8.83. The molecule has 2 N–H and O–H groups in total. The van der Waals surface area contributed by atoms with Gasteiger partial charge in [-0.25, -0.2) is 9.38 Å². The lowest BCUT2D eigenvalue weighted by molar-refractivity contribution is -0.130. The van der Waals surface area contributed by atoms with Crippen LogP contribution in [0.25, 0.3) is 0 Å². The van der Waals surface area contributed by atoms with Crippen LogP contribution in [-0.2, 0) is 11.3 Å². The minimum Gasteiger partial charge on any atom is -0.357 e. The zero-order valence-electron chi connectivity index (χ0n) is 15.5. The number of carbonyl (C=O) groups is 1. The molecule has 0 unspecified atom stereocenters. The van der Waals surface area contributed by atoms with Crippen LogP contribution in [0, 0.1) is 5.82 Å². The van der Waals surface area contributed by atoms with Crippen LogP contribution in [-0.4, -0.2) is 67.5 Å². The molecule has 6 nitrogen and oxygen atoms in total. The molecule has 1 fully saturated rings. The molecule has 8 heteroatoms. The zero-order chi connectivity index (χ0) is 18.1. The van der Waals surface area contributed by atoms with Gasteiger partial charge in [-0.15, -0.1) is 24.0 Å². The van der Waals surface area contributed by atoms with Crippen molar-refractivity contribution in [2.24, 2.45) is 4.99 Å². The van der Waals surface area contributed by atoms with Gasteiger partial charge < -0.3 is 15.5 Å². The normalized spacial score (nSPS) is 15.3. The van der Waals surface area contributed by atoms with Crippen molar-refractivity contribution in [3.05, 3.63) is 35.6 Å². The van der Waals surface area contributed by atoms with Crippen LogP contribution in [0.5, 0.6) is 0 Å². The average Bonchev–Trinajstić information content (AvgIpc) is 2.61. The highest BCUT2D eigenvalue weighted by Crippen LogP contribution is 2.07. The Morgan fingerprint density at radius 2 is 1.88 bits per heavy atom. The smallest absolute Gasteiger partial charge is 0.219 e. The van der Waals surface area contributed by atoms with Crippen LogP contribution in [0.1, 0.15) is 19.4 Å². The molecule has 0 saturated carbocycles. The van der Waals surface area contributed by atoms with Gasteiger partial charge in [0.25, 0.3) is 0 Å². The molecule has 26 heavy (non-hydrogen) atoms. The summed E-state index contributed by atoms with van der Waals surface area (Å²) in [5, 5.41) is 6.46. The SMILES string of the molecule is CCNC(=NCc1ccccc1F)NCCN1CCN(C(C)=O)CC1.I. The van der Waals surface area contributed by atoms with Gasteiger partial charge in [-0.2, -0.15) is 0 Å². The van der Waals surface area contributed by atoms with Gasteiger partial charge in [0.1, 0.15) is 5.82 Å². The van der Waals surface area contributed by atoms with Crippen molar-refractivity contribution in [1.29, 1.82) is 0 Å². The zero-order valence-corrected chi connectivity index (χ0v) is 17.8. The van der Waals surface area contributed by atoms with E-state index in [9.17, 15) is 9.18 Å². The monoisotopic (exact) mass is 477 g/mol. The number of piperazine rings is 1. The molecule has 1 heterocycles. The standard InChI is InChI=1S/C18H28FN5O.HI/c1-3-20-18(22-14-16-6-4-5-7-17(16)19)21-8-9-23-10-12-24(13-11-23)15(2)25;/h4-7H,3,8-14H2,1-2H3,(H2,20,21,22);1H. The number of hydrogen-bond acceptors (Lipinski definition) is 3. The van der Waals surface area contributed by atoms with Gasteiger partial charge in [0.15, 0.2) is 5.96 Å². The molecule has 0 aromatic heterocycles. The van der Waals surface area contributed by atoms with Gasteiger partial charge in [-0.05, 0) is 13.0 Å². The summed E-state index contributed by atoms with van der Waals surface area (Å²) < 4.78 is 13.7. The summed E-state index contributed by atoms with van der Waals surface area (Å²) >= 11 is 0. The van der Waals surface area contributed by atoms with Crippen molar-refractivity contribution in [3.8, 4) is 0 Å².